The quantitative estimate of drug-likeness (QED) is 0.864. The number of benzene rings is 2. The molecule has 2 fully saturated rings. The third-order valence-electron chi connectivity index (χ3n) is 5.71. The zero-order chi connectivity index (χ0) is 18.9. The largest absolute Gasteiger partial charge is 0.390 e. The van der Waals surface area contributed by atoms with E-state index in [-0.39, 0.29) is 23.6 Å². The van der Waals surface area contributed by atoms with Crippen molar-refractivity contribution in [1.82, 2.24) is 9.80 Å². The molecule has 2 atom stereocenters. The van der Waals surface area contributed by atoms with E-state index < -0.39 is 15.9 Å². The molecule has 2 aromatic carbocycles. The standard InChI is InChI=1S/C21H26N2O3S/c24-20-16-27(25,26)15-19(20)22-11-13-23(14-12-22)21(17-7-3-1-4-8-17)18-9-5-2-6-10-18/h1-10,19-21,24H,11-16H2/t19-,20-/m0/s1. The number of sulfone groups is 1. The molecule has 0 radical (unpaired) electrons. The highest BCUT2D eigenvalue weighted by Crippen LogP contribution is 2.30. The average Bonchev–Trinajstić information content (AvgIpc) is 2.97. The van der Waals surface area contributed by atoms with Crippen LogP contribution in [0, 0.1) is 0 Å². The lowest BCUT2D eigenvalue weighted by Crippen LogP contribution is -2.54. The predicted molar refractivity (Wildman–Crippen MR) is 106 cm³/mol. The molecule has 5 nitrogen and oxygen atoms in total. The van der Waals surface area contributed by atoms with Crippen molar-refractivity contribution >= 4 is 9.84 Å². The van der Waals surface area contributed by atoms with Gasteiger partial charge in [-0.1, -0.05) is 60.7 Å². The molecule has 0 unspecified atom stereocenters. The molecule has 0 amide bonds. The van der Waals surface area contributed by atoms with Crippen LogP contribution in [0.3, 0.4) is 0 Å². The zero-order valence-electron chi connectivity index (χ0n) is 15.3. The molecule has 2 aromatic rings. The number of rotatable bonds is 4. The van der Waals surface area contributed by atoms with E-state index in [4.69, 9.17) is 0 Å². The molecule has 2 aliphatic heterocycles. The van der Waals surface area contributed by atoms with E-state index >= 15 is 0 Å². The van der Waals surface area contributed by atoms with Gasteiger partial charge in [0.1, 0.15) is 0 Å². The summed E-state index contributed by atoms with van der Waals surface area (Å²) in [6, 6.07) is 20.9. The van der Waals surface area contributed by atoms with Gasteiger partial charge in [0, 0.05) is 26.2 Å². The number of aliphatic hydroxyl groups is 1. The molecule has 1 N–H and O–H groups in total. The summed E-state index contributed by atoms with van der Waals surface area (Å²) in [5.41, 5.74) is 2.53. The summed E-state index contributed by atoms with van der Waals surface area (Å²) in [6.07, 6.45) is -0.763. The van der Waals surface area contributed by atoms with Crippen LogP contribution in [0.25, 0.3) is 0 Å². The maximum atomic E-state index is 11.8. The van der Waals surface area contributed by atoms with Crippen LogP contribution in [0.4, 0.5) is 0 Å². The van der Waals surface area contributed by atoms with Crippen molar-refractivity contribution in [3.63, 3.8) is 0 Å². The Labute approximate surface area is 161 Å². The van der Waals surface area contributed by atoms with E-state index in [1.54, 1.807) is 0 Å². The first-order valence-corrected chi connectivity index (χ1v) is 11.3. The SMILES string of the molecule is O=S1(=O)C[C@H](O)[C@@H](N2CCN(C(c3ccccc3)c3ccccc3)CC2)C1. The molecule has 4 rings (SSSR count). The van der Waals surface area contributed by atoms with Gasteiger partial charge >= 0.3 is 0 Å². The van der Waals surface area contributed by atoms with Crippen molar-refractivity contribution in [2.24, 2.45) is 0 Å². The third-order valence-corrected chi connectivity index (χ3v) is 7.41. The molecule has 0 aromatic heterocycles. The van der Waals surface area contributed by atoms with Gasteiger partial charge in [0.25, 0.3) is 0 Å². The molecule has 0 spiro atoms. The van der Waals surface area contributed by atoms with E-state index in [0.29, 0.717) is 0 Å². The van der Waals surface area contributed by atoms with Crippen molar-refractivity contribution in [2.45, 2.75) is 18.2 Å². The molecule has 0 saturated carbocycles. The summed E-state index contributed by atoms with van der Waals surface area (Å²) >= 11 is 0. The number of nitrogens with zero attached hydrogens (tertiary/aromatic N) is 2. The van der Waals surface area contributed by atoms with Crippen LogP contribution in [-0.4, -0.2) is 73.2 Å². The lowest BCUT2D eigenvalue weighted by molar-refractivity contribution is 0.0361. The first kappa shape index (κ1) is 18.6. The Morgan fingerprint density at radius 3 is 1.78 bits per heavy atom. The molecule has 0 aliphatic carbocycles. The van der Waals surface area contributed by atoms with Gasteiger partial charge < -0.3 is 5.11 Å². The van der Waals surface area contributed by atoms with Crippen molar-refractivity contribution in [2.75, 3.05) is 37.7 Å². The van der Waals surface area contributed by atoms with Crippen LogP contribution in [0.15, 0.2) is 60.7 Å². The summed E-state index contributed by atoms with van der Waals surface area (Å²) in [5, 5.41) is 10.2. The van der Waals surface area contributed by atoms with E-state index in [2.05, 4.69) is 58.3 Å². The topological polar surface area (TPSA) is 60.9 Å². The maximum Gasteiger partial charge on any atom is 0.154 e. The molecule has 6 heteroatoms. The van der Waals surface area contributed by atoms with Gasteiger partial charge in [0.2, 0.25) is 0 Å². The van der Waals surface area contributed by atoms with E-state index in [1.807, 2.05) is 12.1 Å². The smallest absolute Gasteiger partial charge is 0.154 e. The summed E-state index contributed by atoms with van der Waals surface area (Å²) in [5.74, 6) is -0.0243. The van der Waals surface area contributed by atoms with Crippen LogP contribution in [-0.2, 0) is 9.84 Å². The van der Waals surface area contributed by atoms with Crippen LogP contribution in [0.2, 0.25) is 0 Å². The lowest BCUT2D eigenvalue weighted by atomic mass is 9.96. The third kappa shape index (κ3) is 4.09. The minimum atomic E-state index is -3.12. The van der Waals surface area contributed by atoms with Gasteiger partial charge in [-0.25, -0.2) is 8.42 Å². The van der Waals surface area contributed by atoms with Crippen LogP contribution in [0.1, 0.15) is 17.2 Å². The average molecular weight is 387 g/mol. The Morgan fingerprint density at radius 2 is 1.33 bits per heavy atom. The summed E-state index contributed by atoms with van der Waals surface area (Å²) < 4.78 is 23.7. The van der Waals surface area contributed by atoms with E-state index in [9.17, 15) is 13.5 Å². The molecule has 2 aliphatic rings. The highest BCUT2D eigenvalue weighted by molar-refractivity contribution is 7.91. The van der Waals surface area contributed by atoms with Crippen LogP contribution < -0.4 is 0 Å². The van der Waals surface area contributed by atoms with Crippen molar-refractivity contribution in [3.05, 3.63) is 71.8 Å². The first-order chi connectivity index (χ1) is 13.0. The second-order valence-corrected chi connectivity index (χ2v) is 9.66. The lowest BCUT2D eigenvalue weighted by Gasteiger charge is -2.42. The molecule has 144 valence electrons. The first-order valence-electron chi connectivity index (χ1n) is 9.50. The highest BCUT2D eigenvalue weighted by Gasteiger charge is 2.41. The molecular weight excluding hydrogens is 360 g/mol. The Morgan fingerprint density at radius 1 is 0.815 bits per heavy atom. The van der Waals surface area contributed by atoms with Gasteiger partial charge in [-0.15, -0.1) is 0 Å². The molecule has 2 heterocycles. The number of piperazine rings is 1. The molecule has 0 bridgehead atoms. The van der Waals surface area contributed by atoms with Gasteiger partial charge in [-0.05, 0) is 11.1 Å². The summed E-state index contributed by atoms with van der Waals surface area (Å²) in [7, 11) is -3.12. The van der Waals surface area contributed by atoms with Gasteiger partial charge in [-0.3, -0.25) is 9.80 Å². The summed E-state index contributed by atoms with van der Waals surface area (Å²) in [4.78, 5) is 4.61. The van der Waals surface area contributed by atoms with Gasteiger partial charge in [0.05, 0.1) is 29.7 Å². The minimum absolute atomic E-state index is 0.0783. The van der Waals surface area contributed by atoms with E-state index in [1.165, 1.54) is 11.1 Å². The van der Waals surface area contributed by atoms with Gasteiger partial charge in [0.15, 0.2) is 9.84 Å². The Balaban J connectivity index is 1.51. The Kier molecular flexibility index (Phi) is 5.32. The Bertz CT molecular complexity index is 810. The second-order valence-electron chi connectivity index (χ2n) is 7.51. The van der Waals surface area contributed by atoms with Crippen molar-refractivity contribution in [1.29, 1.82) is 0 Å². The fraction of sp³-hybridized carbons (Fsp3) is 0.429. The van der Waals surface area contributed by atoms with Crippen molar-refractivity contribution in [3.8, 4) is 0 Å². The normalized spacial score (nSPS) is 26.4. The van der Waals surface area contributed by atoms with Crippen LogP contribution in [0.5, 0.6) is 0 Å². The number of aliphatic hydroxyl groups excluding tert-OH is 1. The predicted octanol–water partition coefficient (Wildman–Crippen LogP) is 1.55. The fourth-order valence-electron chi connectivity index (χ4n) is 4.37. The van der Waals surface area contributed by atoms with Crippen LogP contribution >= 0.6 is 0 Å². The maximum absolute atomic E-state index is 11.8. The molecular formula is C21H26N2O3S. The number of hydrogen-bond donors (Lipinski definition) is 1. The number of hydrogen-bond acceptors (Lipinski definition) is 5. The van der Waals surface area contributed by atoms with Gasteiger partial charge in [-0.2, -0.15) is 0 Å². The summed E-state index contributed by atoms with van der Waals surface area (Å²) in [6.45, 7) is 3.23. The van der Waals surface area contributed by atoms with Crippen molar-refractivity contribution < 1.29 is 13.5 Å². The second kappa shape index (κ2) is 7.72. The molecule has 27 heavy (non-hydrogen) atoms. The highest BCUT2D eigenvalue weighted by atomic mass is 32.2. The monoisotopic (exact) mass is 386 g/mol. The molecule has 2 saturated heterocycles. The van der Waals surface area contributed by atoms with E-state index in [0.717, 1.165) is 26.2 Å². The Hall–Kier alpha value is -1.73. The fourth-order valence-corrected chi connectivity index (χ4v) is 6.20. The zero-order valence-corrected chi connectivity index (χ0v) is 16.1. The minimum Gasteiger partial charge on any atom is -0.390 e.